The lowest BCUT2D eigenvalue weighted by Gasteiger charge is -2.26. The van der Waals surface area contributed by atoms with Crippen molar-refractivity contribution >= 4 is 64.4 Å². The van der Waals surface area contributed by atoms with Crippen LogP contribution < -0.4 is 10.2 Å². The van der Waals surface area contributed by atoms with E-state index in [1.807, 2.05) is 0 Å². The van der Waals surface area contributed by atoms with E-state index in [0.29, 0.717) is 5.02 Å². The van der Waals surface area contributed by atoms with Gasteiger partial charge in [0.2, 0.25) is 0 Å². The van der Waals surface area contributed by atoms with E-state index in [4.69, 9.17) is 34.8 Å². The van der Waals surface area contributed by atoms with Crippen molar-refractivity contribution in [1.29, 1.82) is 0 Å². The average Bonchev–Trinajstić information content (AvgIpc) is 2.57. The van der Waals surface area contributed by atoms with Gasteiger partial charge in [0.1, 0.15) is 11.3 Å². The van der Waals surface area contributed by atoms with Gasteiger partial charge in [0.05, 0.1) is 15.7 Å². The molecule has 0 atom stereocenters. The molecule has 0 spiro atoms. The second-order valence-electron chi connectivity index (χ2n) is 5.26. The molecule has 26 heavy (non-hydrogen) atoms. The first-order valence-electron chi connectivity index (χ1n) is 7.13. The van der Waals surface area contributed by atoms with Gasteiger partial charge >= 0.3 is 6.03 Å². The highest BCUT2D eigenvalue weighted by Crippen LogP contribution is 2.30. The van der Waals surface area contributed by atoms with Gasteiger partial charge in [-0.25, -0.2) is 9.69 Å². The maximum absolute atomic E-state index is 12.7. The molecule has 0 radical (unpaired) electrons. The summed E-state index contributed by atoms with van der Waals surface area (Å²) in [7, 11) is 0. The number of nitrogens with one attached hydrogen (secondary N) is 1. The van der Waals surface area contributed by atoms with Crippen molar-refractivity contribution in [1.82, 2.24) is 5.32 Å². The topological polar surface area (TPSA) is 86.7 Å². The van der Waals surface area contributed by atoms with Crippen molar-refractivity contribution < 1.29 is 19.5 Å². The second-order valence-corrected chi connectivity index (χ2v) is 6.51. The Morgan fingerprint density at radius 1 is 0.962 bits per heavy atom. The van der Waals surface area contributed by atoms with Crippen LogP contribution in [0.4, 0.5) is 10.5 Å². The number of halogens is 3. The minimum absolute atomic E-state index is 0.135. The Hall–Kier alpha value is -2.54. The lowest BCUT2D eigenvalue weighted by atomic mass is 10.1. The third kappa shape index (κ3) is 3.39. The Bertz CT molecular complexity index is 988. The number of phenols is 1. The quantitative estimate of drug-likeness (QED) is 0.577. The van der Waals surface area contributed by atoms with Gasteiger partial charge in [-0.3, -0.25) is 14.9 Å². The monoisotopic (exact) mass is 410 g/mol. The van der Waals surface area contributed by atoms with E-state index >= 15 is 0 Å². The molecule has 0 unspecified atom stereocenters. The molecule has 0 aliphatic carbocycles. The number of barbiturate groups is 1. The number of benzene rings is 2. The summed E-state index contributed by atoms with van der Waals surface area (Å²) in [5.74, 6) is -1.95. The number of carbonyl (C=O) groups excluding carboxylic acids is 3. The molecule has 1 saturated heterocycles. The Morgan fingerprint density at radius 3 is 2.38 bits per heavy atom. The fourth-order valence-corrected chi connectivity index (χ4v) is 2.79. The predicted molar refractivity (Wildman–Crippen MR) is 98.6 cm³/mol. The van der Waals surface area contributed by atoms with Crippen LogP contribution in [0.3, 0.4) is 0 Å². The number of hydrogen-bond donors (Lipinski definition) is 2. The van der Waals surface area contributed by atoms with Gasteiger partial charge in [0.15, 0.2) is 0 Å². The fraction of sp³-hybridized carbons (Fsp3) is 0. The molecule has 4 amide bonds. The Labute approximate surface area is 162 Å². The van der Waals surface area contributed by atoms with Crippen LogP contribution in [0.2, 0.25) is 15.1 Å². The molecule has 6 nitrogen and oxygen atoms in total. The van der Waals surface area contributed by atoms with Crippen LogP contribution in [0.1, 0.15) is 5.56 Å². The molecule has 2 aromatic carbocycles. The van der Waals surface area contributed by atoms with Crippen LogP contribution in [0.25, 0.3) is 6.08 Å². The van der Waals surface area contributed by atoms with Crippen LogP contribution in [0.5, 0.6) is 5.75 Å². The summed E-state index contributed by atoms with van der Waals surface area (Å²) in [6.45, 7) is 0. The highest BCUT2D eigenvalue weighted by atomic mass is 35.5. The van der Waals surface area contributed by atoms with Gasteiger partial charge in [-0.05, 0) is 42.5 Å². The van der Waals surface area contributed by atoms with Gasteiger partial charge in [-0.1, -0.05) is 34.8 Å². The molecular formula is C17H9Cl3N2O4. The van der Waals surface area contributed by atoms with E-state index in [1.165, 1.54) is 36.4 Å². The van der Waals surface area contributed by atoms with E-state index in [1.54, 1.807) is 0 Å². The molecule has 132 valence electrons. The van der Waals surface area contributed by atoms with Crippen molar-refractivity contribution in [2.75, 3.05) is 4.90 Å². The van der Waals surface area contributed by atoms with Crippen molar-refractivity contribution in [3.8, 4) is 5.75 Å². The third-order valence-corrected chi connectivity index (χ3v) is 4.53. The number of phenolic OH excluding ortho intramolecular Hbond substituents is 1. The molecule has 1 aliphatic rings. The SMILES string of the molecule is O=C1NC(=O)N(c2ccc(Cl)c(Cl)c2)C(=O)/C1=C/c1cc(Cl)ccc1O. The fourth-order valence-electron chi connectivity index (χ4n) is 2.31. The average molecular weight is 412 g/mol. The summed E-state index contributed by atoms with van der Waals surface area (Å²) in [5.41, 5.74) is -0.0664. The Kier molecular flexibility index (Phi) is 4.91. The zero-order valence-electron chi connectivity index (χ0n) is 12.8. The Morgan fingerprint density at radius 2 is 1.69 bits per heavy atom. The first-order valence-corrected chi connectivity index (χ1v) is 8.26. The number of imide groups is 2. The number of rotatable bonds is 2. The number of anilines is 1. The van der Waals surface area contributed by atoms with Gasteiger partial charge < -0.3 is 5.11 Å². The van der Waals surface area contributed by atoms with Crippen molar-refractivity contribution in [3.63, 3.8) is 0 Å². The van der Waals surface area contributed by atoms with E-state index < -0.39 is 17.8 Å². The predicted octanol–water partition coefficient (Wildman–Crippen LogP) is 4.02. The standard InChI is InChI=1S/C17H9Cl3N2O4/c18-9-1-4-14(23)8(5-9)6-11-15(24)21-17(26)22(16(11)25)10-2-3-12(19)13(20)7-10/h1-7,23H,(H,21,24,26)/b11-6+. The van der Waals surface area contributed by atoms with E-state index in [-0.39, 0.29) is 32.6 Å². The van der Waals surface area contributed by atoms with Crippen LogP contribution in [0.15, 0.2) is 42.0 Å². The number of hydrogen-bond acceptors (Lipinski definition) is 4. The van der Waals surface area contributed by atoms with E-state index in [2.05, 4.69) is 5.32 Å². The maximum atomic E-state index is 12.7. The lowest BCUT2D eigenvalue weighted by Crippen LogP contribution is -2.54. The molecule has 0 aromatic heterocycles. The molecule has 1 heterocycles. The van der Waals surface area contributed by atoms with Crippen molar-refractivity contribution in [2.24, 2.45) is 0 Å². The Balaban J connectivity index is 2.07. The summed E-state index contributed by atoms with van der Waals surface area (Å²) in [6, 6.07) is 7.38. The minimum atomic E-state index is -0.925. The normalized spacial score (nSPS) is 16.2. The number of amides is 4. The molecule has 2 aromatic rings. The van der Waals surface area contributed by atoms with Gasteiger partial charge in [-0.15, -0.1) is 0 Å². The first kappa shape index (κ1) is 18.3. The van der Waals surface area contributed by atoms with E-state index in [9.17, 15) is 19.5 Å². The molecule has 1 aliphatic heterocycles. The zero-order valence-corrected chi connectivity index (χ0v) is 15.1. The minimum Gasteiger partial charge on any atom is -0.507 e. The maximum Gasteiger partial charge on any atom is 0.335 e. The van der Waals surface area contributed by atoms with Crippen molar-refractivity contribution in [3.05, 3.63) is 62.6 Å². The smallest absolute Gasteiger partial charge is 0.335 e. The highest BCUT2D eigenvalue weighted by Gasteiger charge is 2.37. The molecule has 2 N–H and O–H groups in total. The molecule has 3 rings (SSSR count). The number of urea groups is 1. The summed E-state index contributed by atoms with van der Waals surface area (Å²) in [4.78, 5) is 37.7. The molecular weight excluding hydrogens is 403 g/mol. The number of aromatic hydroxyl groups is 1. The molecule has 1 fully saturated rings. The summed E-state index contributed by atoms with van der Waals surface area (Å²) in [6.07, 6.45) is 1.15. The third-order valence-electron chi connectivity index (χ3n) is 3.55. The summed E-state index contributed by atoms with van der Waals surface area (Å²) in [5, 5.41) is 12.6. The summed E-state index contributed by atoms with van der Waals surface area (Å²) < 4.78 is 0. The molecule has 9 heteroatoms. The number of carbonyl (C=O) groups is 3. The van der Waals surface area contributed by atoms with Crippen LogP contribution in [0, 0.1) is 0 Å². The zero-order chi connectivity index (χ0) is 19.0. The van der Waals surface area contributed by atoms with Crippen LogP contribution in [-0.4, -0.2) is 23.0 Å². The van der Waals surface area contributed by atoms with Crippen LogP contribution >= 0.6 is 34.8 Å². The van der Waals surface area contributed by atoms with E-state index in [0.717, 1.165) is 11.0 Å². The molecule has 0 saturated carbocycles. The first-order chi connectivity index (χ1) is 12.3. The van der Waals surface area contributed by atoms with Crippen LogP contribution in [-0.2, 0) is 9.59 Å². The van der Waals surface area contributed by atoms with Crippen molar-refractivity contribution in [2.45, 2.75) is 0 Å². The number of nitrogens with zero attached hydrogens (tertiary/aromatic N) is 1. The second kappa shape index (κ2) is 6.99. The van der Waals surface area contributed by atoms with Gasteiger partial charge in [0, 0.05) is 10.6 Å². The lowest BCUT2D eigenvalue weighted by molar-refractivity contribution is -0.122. The van der Waals surface area contributed by atoms with Gasteiger partial charge in [-0.2, -0.15) is 0 Å². The highest BCUT2D eigenvalue weighted by molar-refractivity contribution is 6.43. The van der Waals surface area contributed by atoms with Gasteiger partial charge in [0.25, 0.3) is 11.8 Å². The largest absolute Gasteiger partial charge is 0.507 e. The summed E-state index contributed by atoms with van der Waals surface area (Å²) >= 11 is 17.6. The molecule has 0 bridgehead atoms.